The molecule has 1 aromatic heterocycles. The first-order chi connectivity index (χ1) is 17.8. The first kappa shape index (κ1) is 25.1. The smallest absolute Gasteiger partial charge is 0.234 e. The van der Waals surface area contributed by atoms with Crippen LogP contribution >= 0.6 is 23.4 Å². The molecule has 3 aromatic rings. The van der Waals surface area contributed by atoms with Gasteiger partial charge in [0, 0.05) is 34.3 Å². The number of fused-ring (bicyclic) bond motifs is 1. The van der Waals surface area contributed by atoms with E-state index in [4.69, 9.17) is 11.6 Å². The Balaban J connectivity index is 1.44. The highest BCUT2D eigenvalue weighted by atomic mass is 35.5. The second kappa shape index (κ2) is 10.0. The predicted octanol–water partition coefficient (Wildman–Crippen LogP) is 6.33. The average Bonchev–Trinajstić information content (AvgIpc) is 2.86. The Kier molecular flexibility index (Phi) is 6.80. The third kappa shape index (κ3) is 5.13. The van der Waals surface area contributed by atoms with Crippen LogP contribution in [0.3, 0.4) is 0 Å². The van der Waals surface area contributed by atoms with E-state index in [-0.39, 0.29) is 22.9 Å². The first-order valence-corrected chi connectivity index (χ1v) is 13.3. The number of para-hydroxylation sites is 1. The van der Waals surface area contributed by atoms with Crippen molar-refractivity contribution >= 4 is 51.6 Å². The van der Waals surface area contributed by atoms with Gasteiger partial charge in [-0.1, -0.05) is 67.5 Å². The molecule has 0 spiro atoms. The topological polar surface area (TPSA) is 94.9 Å². The minimum Gasteiger partial charge on any atom is -0.352 e. The molecule has 8 heteroatoms. The number of thioether (sulfide) groups is 1. The molecule has 2 aromatic carbocycles. The zero-order valence-electron chi connectivity index (χ0n) is 20.5. The van der Waals surface area contributed by atoms with Crippen LogP contribution in [0.2, 0.25) is 5.02 Å². The summed E-state index contributed by atoms with van der Waals surface area (Å²) in [5.74, 6) is -0.589. The van der Waals surface area contributed by atoms with Gasteiger partial charge in [-0.25, -0.2) is 0 Å². The minimum atomic E-state index is -0.505. The van der Waals surface area contributed by atoms with Crippen molar-refractivity contribution < 1.29 is 9.59 Å². The van der Waals surface area contributed by atoms with Crippen molar-refractivity contribution in [3.05, 3.63) is 93.3 Å². The number of ketones is 1. The number of carbonyl (C=O) groups excluding carboxylic acids is 2. The fourth-order valence-corrected chi connectivity index (χ4v) is 6.00. The summed E-state index contributed by atoms with van der Waals surface area (Å²) in [5.41, 5.74) is 3.86. The molecule has 2 heterocycles. The number of allylic oxidation sites excluding steroid dienone is 3. The third-order valence-corrected chi connectivity index (χ3v) is 7.85. The van der Waals surface area contributed by atoms with Crippen LogP contribution in [0.25, 0.3) is 10.9 Å². The molecule has 0 bridgehead atoms. The van der Waals surface area contributed by atoms with E-state index >= 15 is 0 Å². The van der Waals surface area contributed by atoms with Gasteiger partial charge in [-0.3, -0.25) is 14.6 Å². The van der Waals surface area contributed by atoms with Crippen LogP contribution in [-0.2, 0) is 9.59 Å². The van der Waals surface area contributed by atoms with Gasteiger partial charge in [0.25, 0.3) is 0 Å². The molecular weight excluding hydrogens is 504 g/mol. The Bertz CT molecular complexity index is 1510. The number of nitrogens with zero attached hydrogens (tertiary/aromatic N) is 2. The van der Waals surface area contributed by atoms with Crippen LogP contribution in [0.4, 0.5) is 5.69 Å². The minimum absolute atomic E-state index is 0.0386. The highest BCUT2D eigenvalue weighted by molar-refractivity contribution is 8.03. The zero-order valence-corrected chi connectivity index (χ0v) is 22.0. The number of nitriles is 1. The van der Waals surface area contributed by atoms with Gasteiger partial charge >= 0.3 is 0 Å². The van der Waals surface area contributed by atoms with E-state index in [2.05, 4.69) is 35.5 Å². The molecule has 2 aliphatic rings. The number of dihydropyridines is 1. The van der Waals surface area contributed by atoms with Gasteiger partial charge in [0.1, 0.15) is 0 Å². The Morgan fingerprint density at radius 2 is 1.95 bits per heavy atom. The maximum absolute atomic E-state index is 13.3. The number of hydrogen-bond donors (Lipinski definition) is 2. The lowest BCUT2D eigenvalue weighted by molar-refractivity contribution is -0.118. The second-order valence-electron chi connectivity index (χ2n) is 10.0. The van der Waals surface area contributed by atoms with Crippen LogP contribution in [-0.4, -0.2) is 22.4 Å². The summed E-state index contributed by atoms with van der Waals surface area (Å²) in [4.78, 5) is 30.6. The SMILES string of the molecule is CC1(C)CC(=O)C2=C(C1)NC(SCC(=O)Nc1cccc3cccnc13)=C(C#N)[C@@H]2c1ccc(Cl)cc1. The van der Waals surface area contributed by atoms with E-state index in [1.807, 2.05) is 42.5 Å². The predicted molar refractivity (Wildman–Crippen MR) is 148 cm³/mol. The standard InChI is InChI=1S/C29H25ClN4O2S/c1-29(2)13-22-26(23(35)14-29)25(17-8-10-19(30)11-9-17)20(15-31)28(34-22)37-16-24(36)33-21-7-3-5-18-6-4-12-32-27(18)21/h3-12,25,34H,13-14,16H2,1-2H3,(H,33,36)/t25-/m0/s1. The number of halogens is 1. The fraction of sp³-hybridized carbons (Fsp3) is 0.241. The average molecular weight is 529 g/mol. The highest BCUT2D eigenvalue weighted by Gasteiger charge is 2.41. The first-order valence-electron chi connectivity index (χ1n) is 11.9. The lowest BCUT2D eigenvalue weighted by Crippen LogP contribution is -2.37. The number of pyridine rings is 1. The molecule has 1 amide bonds. The molecule has 1 atom stereocenters. The van der Waals surface area contributed by atoms with E-state index in [0.717, 1.165) is 22.2 Å². The quantitative estimate of drug-likeness (QED) is 0.402. The third-order valence-electron chi connectivity index (χ3n) is 6.58. The Labute approximate surface area is 224 Å². The number of nitrogens with one attached hydrogen (secondary N) is 2. The molecule has 37 heavy (non-hydrogen) atoms. The lowest BCUT2D eigenvalue weighted by atomic mass is 9.69. The Hall–Kier alpha value is -3.60. The molecule has 186 valence electrons. The van der Waals surface area contributed by atoms with Crippen LogP contribution in [0.1, 0.15) is 38.2 Å². The molecule has 1 aliphatic heterocycles. The summed E-state index contributed by atoms with van der Waals surface area (Å²) in [6, 6.07) is 19.0. The summed E-state index contributed by atoms with van der Waals surface area (Å²) in [5, 5.41) is 18.6. The normalized spacial score (nSPS) is 18.8. The maximum atomic E-state index is 13.3. The number of hydrogen-bond acceptors (Lipinski definition) is 6. The van der Waals surface area contributed by atoms with E-state index in [9.17, 15) is 14.9 Å². The van der Waals surface area contributed by atoms with Crippen LogP contribution < -0.4 is 10.6 Å². The maximum Gasteiger partial charge on any atom is 0.234 e. The molecule has 0 saturated carbocycles. The number of amides is 1. The fourth-order valence-electron chi connectivity index (χ4n) is 5.01. The molecule has 0 saturated heterocycles. The molecule has 2 N–H and O–H groups in total. The van der Waals surface area contributed by atoms with Gasteiger partial charge in [0.2, 0.25) is 5.91 Å². The molecule has 1 aliphatic carbocycles. The number of Topliss-reactive ketones (excluding diaryl/α,β-unsaturated/α-hetero) is 1. The summed E-state index contributed by atoms with van der Waals surface area (Å²) in [6.45, 7) is 4.13. The van der Waals surface area contributed by atoms with Gasteiger partial charge in [-0.15, -0.1) is 0 Å². The molecule has 0 unspecified atom stereocenters. The van der Waals surface area contributed by atoms with Crippen molar-refractivity contribution in [3.8, 4) is 6.07 Å². The number of benzene rings is 2. The van der Waals surface area contributed by atoms with Crippen LogP contribution in [0, 0.1) is 16.7 Å². The highest BCUT2D eigenvalue weighted by Crippen LogP contribution is 2.48. The molecule has 0 fully saturated rings. The van der Waals surface area contributed by atoms with Gasteiger partial charge < -0.3 is 10.6 Å². The molecule has 0 radical (unpaired) electrons. The van der Waals surface area contributed by atoms with Crippen LogP contribution in [0.5, 0.6) is 0 Å². The Morgan fingerprint density at radius 3 is 2.70 bits per heavy atom. The van der Waals surface area contributed by atoms with Gasteiger partial charge in [0.05, 0.1) is 39.5 Å². The lowest BCUT2D eigenvalue weighted by Gasteiger charge is -2.39. The van der Waals surface area contributed by atoms with E-state index in [1.165, 1.54) is 11.8 Å². The second-order valence-corrected chi connectivity index (χ2v) is 11.4. The van der Waals surface area contributed by atoms with Gasteiger partial charge in [-0.2, -0.15) is 5.26 Å². The monoisotopic (exact) mass is 528 g/mol. The van der Waals surface area contributed by atoms with Crippen molar-refractivity contribution in [1.82, 2.24) is 10.3 Å². The number of rotatable bonds is 5. The summed E-state index contributed by atoms with van der Waals surface area (Å²) in [7, 11) is 0. The van der Waals surface area contributed by atoms with Crippen molar-refractivity contribution in [2.75, 3.05) is 11.1 Å². The van der Waals surface area contributed by atoms with E-state index in [0.29, 0.717) is 39.7 Å². The van der Waals surface area contributed by atoms with Gasteiger partial charge in [-0.05, 0) is 41.7 Å². The van der Waals surface area contributed by atoms with E-state index < -0.39 is 5.92 Å². The summed E-state index contributed by atoms with van der Waals surface area (Å²) in [6.07, 6.45) is 2.78. The largest absolute Gasteiger partial charge is 0.352 e. The summed E-state index contributed by atoms with van der Waals surface area (Å²) >= 11 is 7.38. The molecular formula is C29H25ClN4O2S. The number of aromatic nitrogens is 1. The molecule has 6 nitrogen and oxygen atoms in total. The van der Waals surface area contributed by atoms with Crippen molar-refractivity contribution in [3.63, 3.8) is 0 Å². The van der Waals surface area contributed by atoms with Gasteiger partial charge in [0.15, 0.2) is 5.78 Å². The zero-order chi connectivity index (χ0) is 26.2. The Morgan fingerprint density at radius 1 is 1.19 bits per heavy atom. The molecule has 5 rings (SSSR count). The van der Waals surface area contributed by atoms with E-state index in [1.54, 1.807) is 18.3 Å². The van der Waals surface area contributed by atoms with Crippen LogP contribution in [0.15, 0.2) is 82.7 Å². The van der Waals surface area contributed by atoms with Crippen molar-refractivity contribution in [1.29, 1.82) is 5.26 Å². The van der Waals surface area contributed by atoms with Crippen molar-refractivity contribution in [2.45, 2.75) is 32.6 Å². The summed E-state index contributed by atoms with van der Waals surface area (Å²) < 4.78 is 0. The number of anilines is 1. The van der Waals surface area contributed by atoms with Crippen molar-refractivity contribution in [2.24, 2.45) is 5.41 Å². The number of carbonyl (C=O) groups is 2.